The number of rotatable bonds is 4. The Kier molecular flexibility index (Phi) is 3.64. The number of carbonyl (C=O) groups excluding carboxylic acids is 1. The number of carboxylic acids is 1. The minimum Gasteiger partial charge on any atom is -0.481 e. The molecule has 2 unspecified atom stereocenters. The van der Waals surface area contributed by atoms with Crippen molar-refractivity contribution in [3.05, 3.63) is 17.5 Å². The molecule has 0 bridgehead atoms. The first-order valence-electron chi connectivity index (χ1n) is 6.02. The minimum absolute atomic E-state index is 0.0200. The summed E-state index contributed by atoms with van der Waals surface area (Å²) in [5, 5.41) is 15.3. The van der Waals surface area contributed by atoms with Gasteiger partial charge in [-0.25, -0.2) is 0 Å². The second-order valence-electron chi connectivity index (χ2n) is 4.64. The topological polar surface area (TPSA) is 92.4 Å². The molecule has 1 saturated carbocycles. The zero-order valence-electron chi connectivity index (χ0n) is 10.2. The lowest BCUT2D eigenvalue weighted by Crippen LogP contribution is -2.33. The van der Waals surface area contributed by atoms with E-state index < -0.39 is 5.97 Å². The van der Waals surface area contributed by atoms with E-state index in [0.29, 0.717) is 24.3 Å². The first-order valence-corrected chi connectivity index (χ1v) is 6.02. The van der Waals surface area contributed by atoms with Crippen LogP contribution in [0.1, 0.15) is 35.4 Å². The van der Waals surface area contributed by atoms with E-state index in [1.165, 1.54) is 6.20 Å². The summed E-state index contributed by atoms with van der Waals surface area (Å²) in [6.07, 6.45) is 3.82. The van der Waals surface area contributed by atoms with E-state index >= 15 is 0 Å². The normalized spacial score (nSPS) is 22.9. The number of aliphatic carboxylic acids is 1. The Bertz CT molecular complexity index is 455. The molecule has 6 heteroatoms. The molecular weight excluding hydrogens is 236 g/mol. The summed E-state index contributed by atoms with van der Waals surface area (Å²) in [6.45, 7) is 2.05. The monoisotopic (exact) mass is 252 g/mol. The molecule has 18 heavy (non-hydrogen) atoms. The van der Waals surface area contributed by atoms with Crippen LogP contribution in [0, 0.1) is 18.8 Å². The number of amides is 1. The average Bonchev–Trinajstić information content (AvgIpc) is 2.94. The summed E-state index contributed by atoms with van der Waals surface area (Å²) in [7, 11) is 0. The highest BCUT2D eigenvalue weighted by atomic mass is 16.5. The van der Waals surface area contributed by atoms with Crippen LogP contribution in [0.4, 0.5) is 0 Å². The minimum atomic E-state index is -0.770. The summed E-state index contributed by atoms with van der Waals surface area (Å²) in [4.78, 5) is 22.8. The molecule has 0 aliphatic heterocycles. The van der Waals surface area contributed by atoms with Crippen molar-refractivity contribution < 1.29 is 19.2 Å². The van der Waals surface area contributed by atoms with Gasteiger partial charge in [-0.1, -0.05) is 11.6 Å². The molecule has 1 aromatic rings. The number of aromatic nitrogens is 1. The van der Waals surface area contributed by atoms with E-state index in [-0.39, 0.29) is 17.7 Å². The SMILES string of the molecule is Cc1oncc1C(=O)NCC1CCCC1C(=O)O. The number of aryl methyl sites for hydroxylation is 1. The van der Waals surface area contributed by atoms with Crippen LogP contribution < -0.4 is 5.32 Å². The van der Waals surface area contributed by atoms with Crippen molar-refractivity contribution in [1.82, 2.24) is 10.5 Å². The van der Waals surface area contributed by atoms with Crippen molar-refractivity contribution in [3.63, 3.8) is 0 Å². The van der Waals surface area contributed by atoms with Gasteiger partial charge in [0, 0.05) is 6.54 Å². The van der Waals surface area contributed by atoms with Gasteiger partial charge in [0.2, 0.25) is 0 Å². The first kappa shape index (κ1) is 12.6. The number of carboxylic acid groups (broad SMARTS) is 1. The maximum absolute atomic E-state index is 11.8. The van der Waals surface area contributed by atoms with E-state index in [0.717, 1.165) is 12.8 Å². The Morgan fingerprint density at radius 2 is 2.33 bits per heavy atom. The van der Waals surface area contributed by atoms with Gasteiger partial charge in [0.25, 0.3) is 5.91 Å². The van der Waals surface area contributed by atoms with Crippen molar-refractivity contribution in [1.29, 1.82) is 0 Å². The lowest BCUT2D eigenvalue weighted by molar-refractivity contribution is -0.142. The summed E-state index contributed by atoms with van der Waals surface area (Å²) < 4.78 is 4.81. The summed E-state index contributed by atoms with van der Waals surface area (Å²) in [5.41, 5.74) is 0.403. The zero-order valence-corrected chi connectivity index (χ0v) is 10.2. The van der Waals surface area contributed by atoms with Gasteiger partial charge in [0.05, 0.1) is 12.1 Å². The van der Waals surface area contributed by atoms with Crippen LogP contribution in [-0.4, -0.2) is 28.7 Å². The number of hydrogen-bond donors (Lipinski definition) is 2. The summed E-state index contributed by atoms with van der Waals surface area (Å²) >= 11 is 0. The smallest absolute Gasteiger partial charge is 0.306 e. The fourth-order valence-corrected chi connectivity index (χ4v) is 2.44. The second-order valence-corrected chi connectivity index (χ2v) is 4.64. The van der Waals surface area contributed by atoms with Gasteiger partial charge in [-0.15, -0.1) is 0 Å². The van der Waals surface area contributed by atoms with Crippen LogP contribution in [0.15, 0.2) is 10.7 Å². The van der Waals surface area contributed by atoms with Crippen LogP contribution in [-0.2, 0) is 4.79 Å². The van der Waals surface area contributed by atoms with Gasteiger partial charge in [-0.2, -0.15) is 0 Å². The Labute approximate surface area is 104 Å². The molecule has 6 nitrogen and oxygen atoms in total. The van der Waals surface area contributed by atoms with E-state index in [9.17, 15) is 9.59 Å². The van der Waals surface area contributed by atoms with Crippen LogP contribution in [0.3, 0.4) is 0 Å². The molecule has 1 heterocycles. The van der Waals surface area contributed by atoms with E-state index in [1.54, 1.807) is 6.92 Å². The Balaban J connectivity index is 1.90. The van der Waals surface area contributed by atoms with Gasteiger partial charge >= 0.3 is 5.97 Å². The zero-order chi connectivity index (χ0) is 13.1. The van der Waals surface area contributed by atoms with E-state index in [4.69, 9.17) is 9.63 Å². The van der Waals surface area contributed by atoms with Crippen molar-refractivity contribution in [2.24, 2.45) is 11.8 Å². The maximum atomic E-state index is 11.8. The summed E-state index contributed by atoms with van der Waals surface area (Å²) in [6, 6.07) is 0. The molecule has 98 valence electrons. The highest BCUT2D eigenvalue weighted by Crippen LogP contribution is 2.31. The van der Waals surface area contributed by atoms with Crippen LogP contribution in [0.5, 0.6) is 0 Å². The Morgan fingerprint density at radius 3 is 2.94 bits per heavy atom. The number of nitrogens with one attached hydrogen (secondary N) is 1. The predicted octanol–water partition coefficient (Wildman–Crippen LogP) is 1.21. The van der Waals surface area contributed by atoms with Crippen LogP contribution in [0.25, 0.3) is 0 Å². The van der Waals surface area contributed by atoms with Crippen molar-refractivity contribution in [2.45, 2.75) is 26.2 Å². The van der Waals surface area contributed by atoms with Crippen molar-refractivity contribution >= 4 is 11.9 Å². The number of carbonyl (C=O) groups is 2. The fourth-order valence-electron chi connectivity index (χ4n) is 2.44. The third-order valence-electron chi connectivity index (χ3n) is 3.50. The first-order chi connectivity index (χ1) is 8.59. The van der Waals surface area contributed by atoms with Gasteiger partial charge in [-0.3, -0.25) is 9.59 Å². The third kappa shape index (κ3) is 2.52. The Hall–Kier alpha value is -1.85. The van der Waals surface area contributed by atoms with Crippen LogP contribution in [0.2, 0.25) is 0 Å². The lowest BCUT2D eigenvalue weighted by atomic mass is 9.96. The molecule has 2 atom stereocenters. The molecular formula is C12H16N2O4. The quantitative estimate of drug-likeness (QED) is 0.840. The number of nitrogens with zero attached hydrogens (tertiary/aromatic N) is 1. The Morgan fingerprint density at radius 1 is 1.56 bits per heavy atom. The van der Waals surface area contributed by atoms with Gasteiger partial charge in [-0.05, 0) is 25.7 Å². The van der Waals surface area contributed by atoms with Crippen molar-refractivity contribution in [3.8, 4) is 0 Å². The standard InChI is InChI=1S/C12H16N2O4/c1-7-10(6-14-18-7)11(15)13-5-8-3-2-4-9(8)12(16)17/h6,8-9H,2-5H2,1H3,(H,13,15)(H,16,17). The fraction of sp³-hybridized carbons (Fsp3) is 0.583. The largest absolute Gasteiger partial charge is 0.481 e. The molecule has 1 fully saturated rings. The molecule has 1 aromatic heterocycles. The number of hydrogen-bond acceptors (Lipinski definition) is 4. The molecule has 0 spiro atoms. The lowest BCUT2D eigenvalue weighted by Gasteiger charge is -2.15. The third-order valence-corrected chi connectivity index (χ3v) is 3.50. The maximum Gasteiger partial charge on any atom is 0.306 e. The van der Waals surface area contributed by atoms with Crippen LogP contribution >= 0.6 is 0 Å². The molecule has 0 radical (unpaired) electrons. The molecule has 1 amide bonds. The highest BCUT2D eigenvalue weighted by Gasteiger charge is 2.33. The molecule has 2 rings (SSSR count). The highest BCUT2D eigenvalue weighted by molar-refractivity contribution is 5.94. The van der Waals surface area contributed by atoms with Crippen molar-refractivity contribution in [2.75, 3.05) is 6.54 Å². The molecule has 2 N–H and O–H groups in total. The predicted molar refractivity (Wildman–Crippen MR) is 62.0 cm³/mol. The molecule has 1 aliphatic rings. The molecule has 0 saturated heterocycles. The van der Waals surface area contributed by atoms with E-state index in [2.05, 4.69) is 10.5 Å². The average molecular weight is 252 g/mol. The van der Waals surface area contributed by atoms with Gasteiger partial charge in [0.1, 0.15) is 11.3 Å². The second kappa shape index (κ2) is 5.20. The van der Waals surface area contributed by atoms with E-state index in [1.807, 2.05) is 0 Å². The molecule has 1 aliphatic carbocycles. The molecule has 0 aromatic carbocycles. The van der Waals surface area contributed by atoms with Gasteiger partial charge < -0.3 is 14.9 Å². The summed E-state index contributed by atoms with van der Waals surface area (Å²) in [5.74, 6) is -0.883. The van der Waals surface area contributed by atoms with Gasteiger partial charge in [0.15, 0.2) is 0 Å².